The van der Waals surface area contributed by atoms with Crippen LogP contribution in [0.3, 0.4) is 0 Å². The number of phenols is 1. The summed E-state index contributed by atoms with van der Waals surface area (Å²) in [7, 11) is -4.02. The van der Waals surface area contributed by atoms with Crippen molar-refractivity contribution in [3.8, 4) is 5.75 Å². The minimum atomic E-state index is -4.02. The van der Waals surface area contributed by atoms with Crippen molar-refractivity contribution in [2.24, 2.45) is 15.9 Å². The molecule has 0 radical (unpaired) electrons. The fourth-order valence-electron chi connectivity index (χ4n) is 1.92. The maximum Gasteiger partial charge on any atom is 0.294 e. The van der Waals surface area contributed by atoms with E-state index in [2.05, 4.69) is 16.8 Å². The standard InChI is InChI=1S/C11H14N4O2.C7H8O3S/c1-2-4-8-5-3-6-9(10(8)16)7-13-14-11(12)15-17;1-6-2-4-7(5-3-6)11(8,9)10/h2-3,5-7,16-17H,1,4H2,(H3,12,14,15);2-5H,1H3,(H,8,9,10)/b13-7-;. The molecule has 0 aliphatic heterocycles. The topological polar surface area (TPSA) is 158 Å². The summed E-state index contributed by atoms with van der Waals surface area (Å²) in [6, 6.07) is 11.3. The number of benzene rings is 2. The molecule has 2 aromatic carbocycles. The second-order valence-electron chi connectivity index (χ2n) is 5.48. The molecule has 0 saturated carbocycles. The molecule has 0 fully saturated rings. The lowest BCUT2D eigenvalue weighted by molar-refractivity contribution is 0.232. The van der Waals surface area contributed by atoms with Gasteiger partial charge < -0.3 is 10.8 Å². The van der Waals surface area contributed by atoms with Crippen LogP contribution in [0.15, 0.2) is 70.2 Å². The van der Waals surface area contributed by atoms with Gasteiger partial charge in [0.2, 0.25) is 5.96 Å². The van der Waals surface area contributed by atoms with Crippen LogP contribution in [-0.2, 0) is 16.5 Å². The number of aromatic hydroxyl groups is 1. The summed E-state index contributed by atoms with van der Waals surface area (Å²) in [6.07, 6.45) is 3.60. The molecule has 0 spiro atoms. The van der Waals surface area contributed by atoms with E-state index < -0.39 is 10.1 Å². The van der Waals surface area contributed by atoms with E-state index in [-0.39, 0.29) is 16.6 Å². The van der Waals surface area contributed by atoms with Crippen molar-refractivity contribution in [3.63, 3.8) is 0 Å². The van der Waals surface area contributed by atoms with Crippen molar-refractivity contribution in [3.05, 3.63) is 71.8 Å². The van der Waals surface area contributed by atoms with Crippen molar-refractivity contribution in [2.45, 2.75) is 18.2 Å². The van der Waals surface area contributed by atoms with Gasteiger partial charge in [-0.15, -0.1) is 11.7 Å². The number of phenolic OH excluding ortho intramolecular Hbond substituents is 1. The Bertz CT molecular complexity index is 954. The van der Waals surface area contributed by atoms with Gasteiger partial charge in [-0.05, 0) is 37.1 Å². The fourth-order valence-corrected chi connectivity index (χ4v) is 2.40. The third-order valence-corrected chi connectivity index (χ3v) is 4.18. The first kappa shape index (κ1) is 22.8. The summed E-state index contributed by atoms with van der Waals surface area (Å²) in [5.74, 6) is -0.107. The molecular formula is C18H22N4O5S. The first-order chi connectivity index (χ1) is 13.2. The zero-order valence-electron chi connectivity index (χ0n) is 15.1. The lowest BCUT2D eigenvalue weighted by Gasteiger charge is -2.03. The third-order valence-electron chi connectivity index (χ3n) is 3.31. The number of aryl methyl sites for hydroxylation is 1. The van der Waals surface area contributed by atoms with Crippen molar-refractivity contribution in [1.29, 1.82) is 0 Å². The highest BCUT2D eigenvalue weighted by atomic mass is 32.2. The first-order valence-corrected chi connectivity index (χ1v) is 9.35. The summed E-state index contributed by atoms with van der Waals surface area (Å²) >= 11 is 0. The third kappa shape index (κ3) is 7.58. The maximum atomic E-state index is 10.5. The minimum absolute atomic E-state index is 0.0666. The van der Waals surface area contributed by atoms with Gasteiger partial charge in [0, 0.05) is 5.56 Å². The number of hydrogen-bond donors (Lipinski definition) is 5. The molecule has 10 heteroatoms. The Balaban J connectivity index is 0.000000307. The highest BCUT2D eigenvalue weighted by Gasteiger charge is 2.06. The van der Waals surface area contributed by atoms with Crippen LogP contribution >= 0.6 is 0 Å². The predicted molar refractivity (Wildman–Crippen MR) is 107 cm³/mol. The minimum Gasteiger partial charge on any atom is -0.507 e. The molecule has 0 aliphatic carbocycles. The molecule has 0 unspecified atom stereocenters. The monoisotopic (exact) mass is 406 g/mol. The zero-order valence-corrected chi connectivity index (χ0v) is 16.0. The fraction of sp³-hybridized carbons (Fsp3) is 0.111. The molecule has 0 saturated heterocycles. The van der Waals surface area contributed by atoms with Gasteiger partial charge in [0.25, 0.3) is 10.1 Å². The van der Waals surface area contributed by atoms with Crippen LogP contribution in [-0.4, -0.2) is 35.5 Å². The maximum absolute atomic E-state index is 10.5. The number of nitrogens with one attached hydrogen (secondary N) is 1. The van der Waals surface area contributed by atoms with Crippen molar-refractivity contribution in [2.75, 3.05) is 0 Å². The van der Waals surface area contributed by atoms with Crippen LogP contribution in [0.25, 0.3) is 0 Å². The highest BCUT2D eigenvalue weighted by molar-refractivity contribution is 7.85. The second kappa shape index (κ2) is 10.8. The molecule has 2 rings (SSSR count). The molecule has 6 N–H and O–H groups in total. The molecule has 0 aliphatic rings. The number of allylic oxidation sites excluding steroid dienone is 1. The Kier molecular flexibility index (Phi) is 8.82. The summed E-state index contributed by atoms with van der Waals surface area (Å²) in [5, 5.41) is 25.2. The van der Waals surface area contributed by atoms with Gasteiger partial charge in [-0.2, -0.15) is 13.5 Å². The van der Waals surface area contributed by atoms with Crippen molar-refractivity contribution < 1.29 is 23.3 Å². The smallest absolute Gasteiger partial charge is 0.294 e. The Morgan fingerprint density at radius 2 is 1.89 bits per heavy atom. The SMILES string of the molecule is C=CCc1cccc(/C=N\N=C(N)NO)c1O.Cc1ccc(S(=O)(=O)O)cc1. The largest absolute Gasteiger partial charge is 0.507 e. The number of guanidine groups is 1. The molecule has 0 bridgehead atoms. The average molecular weight is 406 g/mol. The van der Waals surface area contributed by atoms with E-state index >= 15 is 0 Å². The molecular weight excluding hydrogens is 384 g/mol. The van der Waals surface area contributed by atoms with E-state index in [1.807, 2.05) is 6.92 Å². The van der Waals surface area contributed by atoms with Gasteiger partial charge in [0.05, 0.1) is 11.1 Å². The number of nitrogens with two attached hydrogens (primary N) is 1. The quantitative estimate of drug-likeness (QED) is 0.167. The van der Waals surface area contributed by atoms with Gasteiger partial charge >= 0.3 is 0 Å². The molecule has 150 valence electrons. The van der Waals surface area contributed by atoms with Crippen LogP contribution in [0.5, 0.6) is 5.75 Å². The van der Waals surface area contributed by atoms with Crippen LogP contribution in [0.4, 0.5) is 0 Å². The summed E-state index contributed by atoms with van der Waals surface area (Å²) in [5.41, 5.74) is 9.01. The van der Waals surface area contributed by atoms with Gasteiger partial charge in [-0.25, -0.2) is 5.48 Å². The Morgan fingerprint density at radius 1 is 1.25 bits per heavy atom. The van der Waals surface area contributed by atoms with E-state index in [0.717, 1.165) is 11.1 Å². The molecule has 9 nitrogen and oxygen atoms in total. The highest BCUT2D eigenvalue weighted by Crippen LogP contribution is 2.21. The van der Waals surface area contributed by atoms with E-state index in [1.54, 1.807) is 41.9 Å². The lowest BCUT2D eigenvalue weighted by atomic mass is 10.1. The van der Waals surface area contributed by atoms with E-state index in [0.29, 0.717) is 12.0 Å². The predicted octanol–water partition coefficient (Wildman–Crippen LogP) is 1.99. The molecule has 0 aromatic heterocycles. The van der Waals surface area contributed by atoms with E-state index in [4.69, 9.17) is 15.5 Å². The first-order valence-electron chi connectivity index (χ1n) is 7.91. The normalized spacial score (nSPS) is 11.6. The van der Waals surface area contributed by atoms with Gasteiger partial charge in [-0.1, -0.05) is 35.9 Å². The summed E-state index contributed by atoms with van der Waals surface area (Å²) in [4.78, 5) is -0.0666. The van der Waals surface area contributed by atoms with Crippen molar-refractivity contribution >= 4 is 22.3 Å². The van der Waals surface area contributed by atoms with Crippen LogP contribution in [0.2, 0.25) is 0 Å². The van der Waals surface area contributed by atoms with Crippen molar-refractivity contribution in [1.82, 2.24) is 5.48 Å². The average Bonchev–Trinajstić information content (AvgIpc) is 2.65. The lowest BCUT2D eigenvalue weighted by Crippen LogP contribution is -2.27. The zero-order chi connectivity index (χ0) is 21.2. The molecule has 28 heavy (non-hydrogen) atoms. The van der Waals surface area contributed by atoms with Gasteiger partial charge in [-0.3, -0.25) is 9.76 Å². The molecule has 0 heterocycles. The number of hydroxylamine groups is 1. The number of hydrogen-bond acceptors (Lipinski definition) is 6. The number of rotatable bonds is 5. The van der Waals surface area contributed by atoms with E-state index in [1.165, 1.54) is 18.3 Å². The Hall–Kier alpha value is -3.21. The van der Waals surface area contributed by atoms with Crippen LogP contribution in [0, 0.1) is 6.92 Å². The number of nitrogens with zero attached hydrogens (tertiary/aromatic N) is 2. The van der Waals surface area contributed by atoms with Gasteiger partial charge in [0.15, 0.2) is 0 Å². The van der Waals surface area contributed by atoms with E-state index in [9.17, 15) is 13.5 Å². The molecule has 0 atom stereocenters. The van der Waals surface area contributed by atoms with Crippen LogP contribution < -0.4 is 11.2 Å². The Morgan fingerprint density at radius 3 is 2.43 bits per heavy atom. The summed E-state index contributed by atoms with van der Waals surface area (Å²) < 4.78 is 29.6. The number of para-hydroxylation sites is 1. The Labute approximate surface area is 163 Å². The summed E-state index contributed by atoms with van der Waals surface area (Å²) in [6.45, 7) is 5.45. The molecule has 2 aromatic rings. The van der Waals surface area contributed by atoms with Gasteiger partial charge in [0.1, 0.15) is 5.75 Å². The van der Waals surface area contributed by atoms with Crippen LogP contribution in [0.1, 0.15) is 16.7 Å². The molecule has 0 amide bonds. The second-order valence-corrected chi connectivity index (χ2v) is 6.90.